The first-order valence-corrected chi connectivity index (χ1v) is 8.86. The van der Waals surface area contributed by atoms with Crippen molar-refractivity contribution in [3.05, 3.63) is 35.4 Å². The molecule has 1 saturated heterocycles. The van der Waals surface area contributed by atoms with Crippen LogP contribution in [-0.2, 0) is 13.1 Å². The summed E-state index contributed by atoms with van der Waals surface area (Å²) in [6.45, 7) is 5.64. The highest BCUT2D eigenvalue weighted by molar-refractivity contribution is 5.79. The number of benzene rings is 1. The van der Waals surface area contributed by atoms with Gasteiger partial charge in [0.2, 0.25) is 0 Å². The molecule has 5 nitrogen and oxygen atoms in total. The molecule has 0 aromatic heterocycles. The fraction of sp³-hybridized carbons (Fsp3) is 0.611. The van der Waals surface area contributed by atoms with Crippen LogP contribution in [0.15, 0.2) is 29.3 Å². The molecular weight excluding hydrogens is 343 g/mol. The Morgan fingerprint density at radius 1 is 1.04 bits per heavy atom. The molecule has 0 amide bonds. The summed E-state index contributed by atoms with van der Waals surface area (Å²) in [5.41, 5.74) is 2.33. The summed E-state index contributed by atoms with van der Waals surface area (Å²) in [5, 5.41) is 5.71. The fourth-order valence-electron chi connectivity index (χ4n) is 2.76. The lowest BCUT2D eigenvalue weighted by molar-refractivity contribution is -0.132. The van der Waals surface area contributed by atoms with Gasteiger partial charge in [0.25, 0.3) is 0 Å². The van der Waals surface area contributed by atoms with Gasteiger partial charge in [-0.05, 0) is 18.2 Å². The van der Waals surface area contributed by atoms with Crippen LogP contribution in [0.4, 0.5) is 13.2 Å². The van der Waals surface area contributed by atoms with Crippen molar-refractivity contribution >= 4 is 5.96 Å². The van der Waals surface area contributed by atoms with Gasteiger partial charge in [0.15, 0.2) is 5.96 Å². The fourth-order valence-corrected chi connectivity index (χ4v) is 2.76. The van der Waals surface area contributed by atoms with Crippen molar-refractivity contribution in [3.8, 4) is 0 Å². The highest BCUT2D eigenvalue weighted by atomic mass is 19.4. The second kappa shape index (κ2) is 9.78. The van der Waals surface area contributed by atoms with Gasteiger partial charge in [0.1, 0.15) is 0 Å². The molecule has 1 fully saturated rings. The van der Waals surface area contributed by atoms with Crippen molar-refractivity contribution in [1.29, 1.82) is 0 Å². The number of halogens is 3. The van der Waals surface area contributed by atoms with Crippen LogP contribution in [0.1, 0.15) is 17.5 Å². The number of piperazine rings is 1. The molecule has 0 atom stereocenters. The number of likely N-dealkylation sites (N-methyl/N-ethyl adjacent to an activating group) is 1. The van der Waals surface area contributed by atoms with Crippen LogP contribution in [0.3, 0.4) is 0 Å². The summed E-state index contributed by atoms with van der Waals surface area (Å²) in [5.74, 6) is 0.371. The molecule has 1 aliphatic rings. The summed E-state index contributed by atoms with van der Waals surface area (Å²) in [6.07, 6.45) is -5.04. The molecule has 0 bridgehead atoms. The lowest BCUT2D eigenvalue weighted by atomic mass is 10.1. The Hall–Kier alpha value is -1.80. The topological polar surface area (TPSA) is 42.9 Å². The van der Waals surface area contributed by atoms with Gasteiger partial charge in [-0.15, -0.1) is 0 Å². The first-order chi connectivity index (χ1) is 12.4. The predicted molar refractivity (Wildman–Crippen MR) is 98.1 cm³/mol. The van der Waals surface area contributed by atoms with Gasteiger partial charge >= 0.3 is 6.18 Å². The van der Waals surface area contributed by atoms with Gasteiger partial charge in [0, 0.05) is 52.9 Å². The maximum absolute atomic E-state index is 12.2. The van der Waals surface area contributed by atoms with Gasteiger partial charge in [-0.25, -0.2) is 0 Å². The number of rotatable bonds is 6. The average Bonchev–Trinajstić information content (AvgIpc) is 2.60. The minimum absolute atomic E-state index is 0.187. The zero-order chi connectivity index (χ0) is 19.0. The van der Waals surface area contributed by atoms with E-state index in [4.69, 9.17) is 0 Å². The molecule has 1 aromatic rings. The van der Waals surface area contributed by atoms with E-state index in [9.17, 15) is 13.2 Å². The Morgan fingerprint density at radius 2 is 1.65 bits per heavy atom. The van der Waals surface area contributed by atoms with Crippen LogP contribution in [-0.4, -0.2) is 68.8 Å². The molecule has 8 heteroatoms. The zero-order valence-corrected chi connectivity index (χ0v) is 15.4. The summed E-state index contributed by atoms with van der Waals surface area (Å²) >= 11 is 0. The third kappa shape index (κ3) is 7.61. The van der Waals surface area contributed by atoms with Crippen molar-refractivity contribution in [1.82, 2.24) is 20.4 Å². The van der Waals surface area contributed by atoms with Crippen LogP contribution >= 0.6 is 0 Å². The quantitative estimate of drug-likeness (QED) is 0.593. The lowest BCUT2D eigenvalue weighted by Gasteiger charge is -2.32. The zero-order valence-electron chi connectivity index (χ0n) is 15.4. The molecule has 0 spiro atoms. The second-order valence-electron chi connectivity index (χ2n) is 6.61. The Labute approximate surface area is 153 Å². The van der Waals surface area contributed by atoms with Crippen LogP contribution in [0.25, 0.3) is 0 Å². The molecule has 0 aliphatic carbocycles. The van der Waals surface area contributed by atoms with E-state index in [1.54, 1.807) is 7.05 Å². The number of aliphatic imine (C=N–C) groups is 1. The molecule has 1 aromatic carbocycles. The van der Waals surface area contributed by atoms with Crippen molar-refractivity contribution in [2.45, 2.75) is 25.7 Å². The van der Waals surface area contributed by atoms with E-state index >= 15 is 0 Å². The van der Waals surface area contributed by atoms with E-state index in [0.29, 0.717) is 12.5 Å². The number of nitrogens with one attached hydrogen (secondary N) is 2. The van der Waals surface area contributed by atoms with Crippen LogP contribution in [0.5, 0.6) is 0 Å². The highest BCUT2D eigenvalue weighted by Crippen LogP contribution is 2.18. The highest BCUT2D eigenvalue weighted by Gasteiger charge is 2.26. The molecule has 146 valence electrons. The maximum atomic E-state index is 12.2. The van der Waals surface area contributed by atoms with Gasteiger partial charge in [-0.1, -0.05) is 24.3 Å². The third-order valence-corrected chi connectivity index (χ3v) is 4.41. The number of hydrogen-bond acceptors (Lipinski definition) is 3. The third-order valence-electron chi connectivity index (χ3n) is 4.41. The predicted octanol–water partition coefficient (Wildman–Crippen LogP) is 2.05. The molecule has 0 saturated carbocycles. The maximum Gasteiger partial charge on any atom is 0.390 e. The number of alkyl halides is 3. The Balaban J connectivity index is 1.74. The minimum Gasteiger partial charge on any atom is -0.356 e. The van der Waals surface area contributed by atoms with E-state index < -0.39 is 12.6 Å². The minimum atomic E-state index is -4.16. The Kier molecular flexibility index (Phi) is 7.71. The van der Waals surface area contributed by atoms with Crippen molar-refractivity contribution in [2.24, 2.45) is 4.99 Å². The summed E-state index contributed by atoms with van der Waals surface area (Å²) in [4.78, 5) is 8.72. The van der Waals surface area contributed by atoms with E-state index in [-0.39, 0.29) is 6.54 Å². The van der Waals surface area contributed by atoms with Crippen molar-refractivity contribution in [3.63, 3.8) is 0 Å². The lowest BCUT2D eigenvalue weighted by Crippen LogP contribution is -2.43. The van der Waals surface area contributed by atoms with E-state index in [2.05, 4.69) is 44.6 Å². The standard InChI is InChI=1S/C18H28F3N5/c1-22-17(23-8-7-18(19,20)21)24-13-15-3-5-16(6-4-15)14-26-11-9-25(2)10-12-26/h3-6H,7-14H2,1-2H3,(H2,22,23,24). The first-order valence-electron chi connectivity index (χ1n) is 8.86. The van der Waals surface area contributed by atoms with Gasteiger partial charge in [0.05, 0.1) is 6.42 Å². The largest absolute Gasteiger partial charge is 0.390 e. The summed E-state index contributed by atoms with van der Waals surface area (Å²) < 4.78 is 36.5. The normalized spacial score (nSPS) is 17.3. The van der Waals surface area contributed by atoms with Crippen LogP contribution in [0.2, 0.25) is 0 Å². The first kappa shape index (κ1) is 20.5. The SMILES string of the molecule is CN=C(NCCC(F)(F)F)NCc1ccc(CN2CCN(C)CC2)cc1. The van der Waals surface area contributed by atoms with E-state index in [0.717, 1.165) is 38.3 Å². The Morgan fingerprint density at radius 3 is 2.23 bits per heavy atom. The van der Waals surface area contributed by atoms with Crippen molar-refractivity contribution < 1.29 is 13.2 Å². The molecule has 2 rings (SSSR count). The molecule has 2 N–H and O–H groups in total. The average molecular weight is 371 g/mol. The summed E-state index contributed by atoms with van der Waals surface area (Å²) in [7, 11) is 3.69. The molecular formula is C18H28F3N5. The molecule has 0 unspecified atom stereocenters. The van der Waals surface area contributed by atoms with Crippen LogP contribution in [0, 0.1) is 0 Å². The van der Waals surface area contributed by atoms with Crippen LogP contribution < -0.4 is 10.6 Å². The van der Waals surface area contributed by atoms with Gasteiger partial charge in [-0.2, -0.15) is 13.2 Å². The number of guanidine groups is 1. The smallest absolute Gasteiger partial charge is 0.356 e. The van der Waals surface area contributed by atoms with Crippen molar-refractivity contribution in [2.75, 3.05) is 46.8 Å². The van der Waals surface area contributed by atoms with E-state index in [1.807, 2.05) is 12.1 Å². The number of nitrogens with zero attached hydrogens (tertiary/aromatic N) is 3. The molecule has 0 radical (unpaired) electrons. The Bertz CT molecular complexity index is 563. The molecule has 1 heterocycles. The van der Waals surface area contributed by atoms with E-state index in [1.165, 1.54) is 5.56 Å². The molecule has 1 aliphatic heterocycles. The summed E-state index contributed by atoms with van der Waals surface area (Å²) in [6, 6.07) is 8.30. The van der Waals surface area contributed by atoms with Gasteiger partial charge in [-0.3, -0.25) is 9.89 Å². The number of hydrogen-bond donors (Lipinski definition) is 2. The monoisotopic (exact) mass is 371 g/mol. The van der Waals surface area contributed by atoms with Gasteiger partial charge < -0.3 is 15.5 Å². The molecule has 26 heavy (non-hydrogen) atoms. The second-order valence-corrected chi connectivity index (χ2v) is 6.61.